The Kier molecular flexibility index (Phi) is 4.55. The molecule has 1 aromatic rings. The number of rotatable bonds is 5. The molecule has 1 heterocycles. The fraction of sp³-hybridized carbons (Fsp3) is 0.583. The molecule has 4 nitrogen and oxygen atoms in total. The van der Waals surface area contributed by atoms with Crippen molar-refractivity contribution in [1.29, 1.82) is 0 Å². The van der Waals surface area contributed by atoms with E-state index >= 15 is 0 Å². The second-order valence-electron chi connectivity index (χ2n) is 4.35. The highest BCUT2D eigenvalue weighted by atomic mass is 16.2. The smallest absolute Gasteiger partial charge is 0.240 e. The average molecular weight is 223 g/mol. The van der Waals surface area contributed by atoms with Gasteiger partial charge in [0.25, 0.3) is 0 Å². The van der Waals surface area contributed by atoms with Crippen LogP contribution in [0.3, 0.4) is 0 Å². The lowest BCUT2D eigenvalue weighted by atomic mass is 10.3. The summed E-state index contributed by atoms with van der Waals surface area (Å²) in [6, 6.07) is 4.40. The molecule has 0 unspecified atom stereocenters. The number of amides is 1. The first-order chi connectivity index (χ1) is 7.50. The number of nitrogens with zero attached hydrogens (tertiary/aromatic N) is 1. The minimum Gasteiger partial charge on any atom is -0.314 e. The molecule has 0 bridgehead atoms. The molecule has 90 valence electrons. The molecule has 0 radical (unpaired) electrons. The quantitative estimate of drug-likeness (QED) is 0.796. The molecule has 0 aliphatic rings. The molecule has 0 spiro atoms. The molecule has 0 fully saturated rings. The van der Waals surface area contributed by atoms with Crippen LogP contribution in [0.2, 0.25) is 0 Å². The maximum atomic E-state index is 11.6. The first kappa shape index (κ1) is 12.8. The van der Waals surface area contributed by atoms with Crippen molar-refractivity contribution >= 4 is 5.91 Å². The van der Waals surface area contributed by atoms with Gasteiger partial charge in [-0.25, -0.2) is 0 Å². The van der Waals surface area contributed by atoms with Gasteiger partial charge < -0.3 is 5.32 Å². The number of aryl methyl sites for hydroxylation is 2. The number of aromatic nitrogens is 1. The van der Waals surface area contributed by atoms with Gasteiger partial charge in [0.1, 0.15) is 0 Å². The summed E-state index contributed by atoms with van der Waals surface area (Å²) in [4.78, 5) is 11.6. The zero-order valence-electron chi connectivity index (χ0n) is 10.5. The topological polar surface area (TPSA) is 46.1 Å². The average Bonchev–Trinajstić information content (AvgIpc) is 2.49. The van der Waals surface area contributed by atoms with Crippen molar-refractivity contribution in [2.24, 2.45) is 0 Å². The lowest BCUT2D eigenvalue weighted by Gasteiger charge is -2.12. The van der Waals surface area contributed by atoms with E-state index in [1.54, 1.807) is 0 Å². The Labute approximate surface area is 97.0 Å². The van der Waals surface area contributed by atoms with Crippen molar-refractivity contribution in [3.8, 4) is 0 Å². The molecule has 0 saturated carbocycles. The largest absolute Gasteiger partial charge is 0.314 e. The van der Waals surface area contributed by atoms with E-state index in [1.807, 2.05) is 30.7 Å². The molecule has 1 rings (SSSR count). The van der Waals surface area contributed by atoms with Crippen LogP contribution in [0.15, 0.2) is 12.1 Å². The fourth-order valence-electron chi connectivity index (χ4n) is 1.50. The summed E-state index contributed by atoms with van der Waals surface area (Å²) in [7, 11) is 0. The van der Waals surface area contributed by atoms with Crippen LogP contribution in [0.1, 0.15) is 31.7 Å². The molecule has 4 heteroatoms. The molecular weight excluding hydrogens is 202 g/mol. The maximum Gasteiger partial charge on any atom is 0.240 e. The minimum atomic E-state index is 0.0375. The third-order valence-corrected chi connectivity index (χ3v) is 2.41. The van der Waals surface area contributed by atoms with Crippen LogP contribution in [0.25, 0.3) is 0 Å². The van der Waals surface area contributed by atoms with Gasteiger partial charge in [0.05, 0.1) is 0 Å². The minimum absolute atomic E-state index is 0.0375. The van der Waals surface area contributed by atoms with Crippen LogP contribution in [0, 0.1) is 13.8 Å². The van der Waals surface area contributed by atoms with Crippen molar-refractivity contribution in [2.75, 3.05) is 12.0 Å². The van der Waals surface area contributed by atoms with E-state index in [-0.39, 0.29) is 5.91 Å². The van der Waals surface area contributed by atoms with Gasteiger partial charge in [0, 0.05) is 30.4 Å². The second-order valence-corrected chi connectivity index (χ2v) is 4.35. The van der Waals surface area contributed by atoms with Crippen molar-refractivity contribution in [3.05, 3.63) is 23.5 Å². The van der Waals surface area contributed by atoms with E-state index < -0.39 is 0 Å². The highest BCUT2D eigenvalue weighted by Crippen LogP contribution is 2.04. The molecule has 1 aromatic heterocycles. The molecular formula is C12H21N3O. The third-order valence-electron chi connectivity index (χ3n) is 2.41. The summed E-state index contributed by atoms with van der Waals surface area (Å²) in [5.41, 5.74) is 4.96. The van der Waals surface area contributed by atoms with Crippen molar-refractivity contribution < 1.29 is 4.79 Å². The monoisotopic (exact) mass is 223 g/mol. The zero-order chi connectivity index (χ0) is 12.1. The second kappa shape index (κ2) is 5.70. The van der Waals surface area contributed by atoms with Crippen molar-refractivity contribution in [3.63, 3.8) is 0 Å². The van der Waals surface area contributed by atoms with E-state index in [0.29, 0.717) is 19.0 Å². The Morgan fingerprint density at radius 1 is 1.31 bits per heavy atom. The summed E-state index contributed by atoms with van der Waals surface area (Å²) in [5, 5.41) is 3.22. The van der Waals surface area contributed by atoms with E-state index in [0.717, 1.165) is 11.4 Å². The van der Waals surface area contributed by atoms with Crippen molar-refractivity contribution in [2.45, 2.75) is 40.2 Å². The number of carbonyl (C=O) groups is 1. The van der Waals surface area contributed by atoms with E-state index in [2.05, 4.69) is 24.6 Å². The molecule has 1 amide bonds. The standard InChI is InChI=1S/C12H21N3O/c1-9(2)13-8-7-12(16)14-15-10(3)5-6-11(15)4/h5-6,9,13H,7-8H2,1-4H3,(H,14,16). The summed E-state index contributed by atoms with van der Waals surface area (Å²) >= 11 is 0. The summed E-state index contributed by atoms with van der Waals surface area (Å²) < 4.78 is 1.82. The van der Waals surface area contributed by atoms with E-state index in [4.69, 9.17) is 0 Å². The lowest BCUT2D eigenvalue weighted by molar-refractivity contribution is -0.117. The van der Waals surface area contributed by atoms with Gasteiger partial charge in [-0.05, 0) is 26.0 Å². The summed E-state index contributed by atoms with van der Waals surface area (Å²) in [6.45, 7) is 8.79. The highest BCUT2D eigenvalue weighted by molar-refractivity contribution is 5.84. The fourth-order valence-corrected chi connectivity index (χ4v) is 1.50. The number of hydrogen-bond donors (Lipinski definition) is 2. The van der Waals surface area contributed by atoms with Gasteiger partial charge in [-0.3, -0.25) is 14.9 Å². The highest BCUT2D eigenvalue weighted by Gasteiger charge is 2.05. The molecule has 2 N–H and O–H groups in total. The molecule has 16 heavy (non-hydrogen) atoms. The Hall–Kier alpha value is -1.29. The van der Waals surface area contributed by atoms with Gasteiger partial charge in [-0.2, -0.15) is 0 Å². The number of nitrogens with one attached hydrogen (secondary N) is 2. The molecule has 0 aliphatic heterocycles. The number of carbonyl (C=O) groups excluding carboxylic acids is 1. The predicted molar refractivity (Wildman–Crippen MR) is 66.0 cm³/mol. The number of hydrogen-bond acceptors (Lipinski definition) is 2. The first-order valence-corrected chi connectivity index (χ1v) is 5.69. The van der Waals surface area contributed by atoms with Crippen LogP contribution in [-0.2, 0) is 4.79 Å². The Morgan fingerprint density at radius 3 is 2.38 bits per heavy atom. The molecule has 0 atom stereocenters. The molecule has 0 saturated heterocycles. The van der Waals surface area contributed by atoms with Gasteiger partial charge in [-0.15, -0.1) is 0 Å². The van der Waals surface area contributed by atoms with Crippen LogP contribution in [-0.4, -0.2) is 23.2 Å². The van der Waals surface area contributed by atoms with Gasteiger partial charge in [-0.1, -0.05) is 13.8 Å². The Bertz CT molecular complexity index is 336. The summed E-state index contributed by atoms with van der Waals surface area (Å²) in [5.74, 6) is 0.0375. The van der Waals surface area contributed by atoms with Crippen LogP contribution < -0.4 is 10.7 Å². The normalized spacial score (nSPS) is 10.8. The van der Waals surface area contributed by atoms with Crippen LogP contribution in [0.4, 0.5) is 0 Å². The Morgan fingerprint density at radius 2 is 1.88 bits per heavy atom. The van der Waals surface area contributed by atoms with Gasteiger partial charge in [0.2, 0.25) is 5.91 Å². The maximum absolute atomic E-state index is 11.6. The van der Waals surface area contributed by atoms with E-state index in [1.165, 1.54) is 0 Å². The third kappa shape index (κ3) is 3.70. The zero-order valence-corrected chi connectivity index (χ0v) is 10.5. The first-order valence-electron chi connectivity index (χ1n) is 5.69. The van der Waals surface area contributed by atoms with Gasteiger partial charge in [0.15, 0.2) is 0 Å². The molecule has 0 aromatic carbocycles. The van der Waals surface area contributed by atoms with Crippen LogP contribution >= 0.6 is 0 Å². The Balaban J connectivity index is 2.40. The van der Waals surface area contributed by atoms with E-state index in [9.17, 15) is 4.79 Å². The predicted octanol–water partition coefficient (Wildman–Crippen LogP) is 1.56. The lowest BCUT2D eigenvalue weighted by Crippen LogP contribution is -2.30. The summed E-state index contributed by atoms with van der Waals surface area (Å²) in [6.07, 6.45) is 0.495. The van der Waals surface area contributed by atoms with Gasteiger partial charge >= 0.3 is 0 Å². The van der Waals surface area contributed by atoms with Crippen molar-refractivity contribution in [1.82, 2.24) is 9.99 Å². The van der Waals surface area contributed by atoms with Crippen LogP contribution in [0.5, 0.6) is 0 Å². The molecule has 0 aliphatic carbocycles. The SMILES string of the molecule is Cc1ccc(C)n1NC(=O)CCNC(C)C.